The van der Waals surface area contributed by atoms with Gasteiger partial charge in [-0.1, -0.05) is 33.8 Å². The number of hydrogen-bond acceptors (Lipinski definition) is 1. The molecule has 0 N–H and O–H groups in total. The van der Waals surface area contributed by atoms with E-state index in [-0.39, 0.29) is 0 Å². The second-order valence-corrected chi connectivity index (χ2v) is 6.32. The summed E-state index contributed by atoms with van der Waals surface area (Å²) >= 11 is 0. The zero-order valence-corrected chi connectivity index (χ0v) is 10.2. The van der Waals surface area contributed by atoms with Crippen LogP contribution in [0.1, 0.15) is 41.5 Å². The summed E-state index contributed by atoms with van der Waals surface area (Å²) in [5.41, 5.74) is 0.298. The lowest BCUT2D eigenvalue weighted by molar-refractivity contribution is 0.342. The fourth-order valence-electron chi connectivity index (χ4n) is 2.34. The summed E-state index contributed by atoms with van der Waals surface area (Å²) < 4.78 is 2.60. The molecule has 1 fully saturated rings. The molecule has 1 radical (unpaired) electrons. The minimum Gasteiger partial charge on any atom is -0.380 e. The Morgan fingerprint density at radius 1 is 1.00 bits per heavy atom. The third kappa shape index (κ3) is 2.12. The van der Waals surface area contributed by atoms with Gasteiger partial charge in [0.25, 0.3) is 0 Å². The number of rotatable bonds is 0. The predicted molar refractivity (Wildman–Crippen MR) is 63.0 cm³/mol. The van der Waals surface area contributed by atoms with Gasteiger partial charge in [0.15, 0.2) is 0 Å². The van der Waals surface area contributed by atoms with Gasteiger partial charge in [0.05, 0.1) is 0 Å². The summed E-state index contributed by atoms with van der Waals surface area (Å²) in [6, 6.07) is 0. The van der Waals surface area contributed by atoms with Gasteiger partial charge in [-0.05, 0) is 31.6 Å². The Kier molecular flexibility index (Phi) is 2.62. The zero-order chi connectivity index (χ0) is 10.4. The van der Waals surface area contributed by atoms with Crippen LogP contribution in [0.5, 0.6) is 0 Å². The first-order chi connectivity index (χ1) is 5.64. The lowest BCUT2D eigenvalue weighted by Gasteiger charge is -2.56. The van der Waals surface area contributed by atoms with E-state index in [0.29, 0.717) is 24.5 Å². The summed E-state index contributed by atoms with van der Waals surface area (Å²) in [4.78, 5) is 0. The lowest BCUT2D eigenvalue weighted by Crippen LogP contribution is -2.71. The van der Waals surface area contributed by atoms with Gasteiger partial charge < -0.3 is 4.72 Å². The van der Waals surface area contributed by atoms with Gasteiger partial charge in [0, 0.05) is 0 Å². The Morgan fingerprint density at radius 2 is 1.46 bits per heavy atom. The molecule has 1 rings (SSSR count). The van der Waals surface area contributed by atoms with Crippen molar-refractivity contribution in [1.29, 1.82) is 0 Å². The molecule has 73 valence electrons. The van der Waals surface area contributed by atoms with Crippen molar-refractivity contribution in [3.05, 3.63) is 6.22 Å². The largest absolute Gasteiger partial charge is 0.380 e. The minimum atomic E-state index is 0.298. The van der Waals surface area contributed by atoms with Crippen molar-refractivity contribution in [2.45, 2.75) is 59.2 Å². The van der Waals surface area contributed by atoms with Crippen LogP contribution in [0, 0.1) is 6.22 Å². The normalized spacial score (nSPS) is 20.5. The molecule has 0 aromatic rings. The van der Waals surface area contributed by atoms with Gasteiger partial charge in [-0.25, -0.2) is 0 Å². The van der Waals surface area contributed by atoms with E-state index in [4.69, 9.17) is 0 Å². The molecular weight excluding hydrogens is 156 g/mol. The van der Waals surface area contributed by atoms with Crippen LogP contribution >= 0.6 is 0 Å². The Balaban J connectivity index is 2.73. The van der Waals surface area contributed by atoms with E-state index in [1.807, 2.05) is 0 Å². The molecule has 13 heavy (non-hydrogen) atoms. The first-order valence-electron chi connectivity index (χ1n) is 5.27. The first-order valence-corrected chi connectivity index (χ1v) is 5.27. The smallest absolute Gasteiger partial charge is 0.214 e. The maximum Gasteiger partial charge on any atom is 0.214 e. The molecule has 1 aliphatic heterocycles. The van der Waals surface area contributed by atoms with E-state index in [1.165, 1.54) is 0 Å². The molecule has 1 nitrogen and oxygen atoms in total. The van der Waals surface area contributed by atoms with Crippen LogP contribution in [-0.2, 0) is 0 Å². The van der Waals surface area contributed by atoms with Gasteiger partial charge in [-0.15, -0.1) is 0 Å². The third-order valence-corrected chi connectivity index (χ3v) is 2.86. The Labute approximate surface area is 84.5 Å². The van der Waals surface area contributed by atoms with Crippen molar-refractivity contribution >= 4 is 13.7 Å². The van der Waals surface area contributed by atoms with E-state index in [9.17, 15) is 0 Å². The van der Waals surface area contributed by atoms with Gasteiger partial charge in [-0.2, -0.15) is 0 Å². The van der Waals surface area contributed by atoms with E-state index >= 15 is 0 Å². The monoisotopic (exact) mass is 178 g/mol. The molecule has 0 aliphatic carbocycles. The molecular formula is C10H22B2N. The fraction of sp³-hybridized carbons (Fsp3) is 0.900. The highest BCUT2D eigenvalue weighted by molar-refractivity contribution is 6.96. The Hall–Kier alpha value is 0.0899. The molecule has 0 atom stereocenters. The first kappa shape index (κ1) is 11.2. The van der Waals surface area contributed by atoms with Gasteiger partial charge in [-0.3, -0.25) is 0 Å². The van der Waals surface area contributed by atoms with Crippen LogP contribution in [0.15, 0.2) is 0 Å². The Bertz CT molecular complexity index is 190. The van der Waals surface area contributed by atoms with Gasteiger partial charge >= 0.3 is 0 Å². The molecule has 0 aromatic heterocycles. The molecule has 0 aromatic carbocycles. The molecule has 0 bridgehead atoms. The van der Waals surface area contributed by atoms with Crippen LogP contribution in [-0.4, -0.2) is 24.0 Å². The standard InChI is InChI=1S/C10H22B2N/c1-9(2,3)12-8-11(7)13(12)10(4,5)6/h8H,1-7H3. The van der Waals surface area contributed by atoms with Crippen molar-refractivity contribution in [3.63, 3.8) is 0 Å². The molecule has 0 spiro atoms. The average Bonchev–Trinajstić information content (AvgIpc) is 1.75. The quantitative estimate of drug-likeness (QED) is 0.515. The second-order valence-electron chi connectivity index (χ2n) is 6.32. The zero-order valence-electron chi connectivity index (χ0n) is 10.2. The number of nitrogens with zero attached hydrogens (tertiary/aromatic N) is 1. The van der Waals surface area contributed by atoms with Crippen LogP contribution < -0.4 is 0 Å². The van der Waals surface area contributed by atoms with E-state index in [2.05, 4.69) is 59.3 Å². The van der Waals surface area contributed by atoms with Gasteiger partial charge in [0.2, 0.25) is 13.7 Å². The van der Waals surface area contributed by atoms with Crippen LogP contribution in [0.2, 0.25) is 12.1 Å². The van der Waals surface area contributed by atoms with Crippen LogP contribution in [0.4, 0.5) is 0 Å². The summed E-state index contributed by atoms with van der Waals surface area (Å²) in [6.07, 6.45) is 2.46. The van der Waals surface area contributed by atoms with Crippen molar-refractivity contribution in [2.75, 3.05) is 0 Å². The van der Waals surface area contributed by atoms with Crippen molar-refractivity contribution in [3.8, 4) is 0 Å². The van der Waals surface area contributed by atoms with Crippen molar-refractivity contribution < 1.29 is 0 Å². The SMILES string of the molecule is CB1[CH]B(C(C)(C)C)N1C(C)(C)C. The average molecular weight is 178 g/mol. The lowest BCUT2D eigenvalue weighted by atomic mass is 9.17. The molecule has 1 aliphatic rings. The number of hydrogen-bond donors (Lipinski definition) is 0. The van der Waals surface area contributed by atoms with Crippen molar-refractivity contribution in [1.82, 2.24) is 4.72 Å². The highest BCUT2D eigenvalue weighted by Crippen LogP contribution is 2.41. The minimum absolute atomic E-state index is 0.298. The molecule has 1 saturated heterocycles. The Morgan fingerprint density at radius 3 is 1.62 bits per heavy atom. The molecule has 0 amide bonds. The van der Waals surface area contributed by atoms with E-state index < -0.39 is 0 Å². The topological polar surface area (TPSA) is 3.24 Å². The second kappa shape index (κ2) is 3.05. The maximum absolute atomic E-state index is 2.60. The molecule has 1 heterocycles. The van der Waals surface area contributed by atoms with Crippen LogP contribution in [0.25, 0.3) is 0 Å². The van der Waals surface area contributed by atoms with E-state index in [0.717, 1.165) is 0 Å². The summed E-state index contributed by atoms with van der Waals surface area (Å²) in [5.74, 6) is 0. The summed E-state index contributed by atoms with van der Waals surface area (Å²) in [6.45, 7) is 17.4. The van der Waals surface area contributed by atoms with Crippen molar-refractivity contribution in [2.24, 2.45) is 0 Å². The van der Waals surface area contributed by atoms with E-state index in [1.54, 1.807) is 0 Å². The molecule has 0 saturated carbocycles. The van der Waals surface area contributed by atoms with Gasteiger partial charge in [0.1, 0.15) is 0 Å². The summed E-state index contributed by atoms with van der Waals surface area (Å²) in [7, 11) is 0. The van der Waals surface area contributed by atoms with Crippen LogP contribution in [0.3, 0.4) is 0 Å². The summed E-state index contributed by atoms with van der Waals surface area (Å²) in [5, 5.41) is 0.375. The maximum atomic E-state index is 2.60. The highest BCUT2D eigenvalue weighted by Gasteiger charge is 2.51. The third-order valence-electron chi connectivity index (χ3n) is 2.86. The molecule has 0 unspecified atom stereocenters. The molecule has 3 heteroatoms. The highest BCUT2D eigenvalue weighted by atomic mass is 15.1. The fourth-order valence-corrected chi connectivity index (χ4v) is 2.34. The predicted octanol–water partition coefficient (Wildman–Crippen LogP) is 2.80.